The van der Waals surface area contributed by atoms with Crippen LogP contribution >= 0.6 is 23.5 Å². The molecule has 0 aromatic rings. The molecule has 4 atom stereocenters. The molecule has 0 heterocycles. The number of carbonyl (C=O) groups excluding carboxylic acids is 5. The number of aliphatic carboxylic acids is 1. The molecule has 0 aliphatic carbocycles. The van der Waals surface area contributed by atoms with Crippen molar-refractivity contribution in [2.24, 2.45) is 17.2 Å². The minimum Gasteiger partial charge on any atom is -0.480 e. The average molecular weight is 679 g/mol. The van der Waals surface area contributed by atoms with E-state index in [1.807, 2.05) is 12.5 Å². The smallest absolute Gasteiger partial charge is 0.326 e. The SMILES string of the molecule is CSCC[C@H](NC(=O)CN)C(=O)N[C@@H](CCCCN)C(=O)N[C@@H](CCSC)C(=O)NCC(=O)N[C@@H](CCCNC(=N)N)C(=O)O. The molecule has 0 aliphatic rings. The van der Waals surface area contributed by atoms with E-state index in [-0.39, 0.29) is 38.3 Å². The Morgan fingerprint density at radius 2 is 1.20 bits per heavy atom. The van der Waals surface area contributed by atoms with Crippen LogP contribution in [-0.4, -0.2) is 121 Å². The number of rotatable bonds is 25. The lowest BCUT2D eigenvalue weighted by molar-refractivity contribution is -0.142. The van der Waals surface area contributed by atoms with Crippen LogP contribution in [0.15, 0.2) is 0 Å². The third kappa shape index (κ3) is 19.7. The van der Waals surface area contributed by atoms with Crippen molar-refractivity contribution in [3.05, 3.63) is 0 Å². The molecule has 0 fully saturated rings. The molecule has 0 saturated carbocycles. The van der Waals surface area contributed by atoms with Crippen molar-refractivity contribution in [1.82, 2.24) is 31.9 Å². The number of unbranched alkanes of at least 4 members (excludes halogenated alkanes) is 1. The van der Waals surface area contributed by atoms with Gasteiger partial charge in [-0.15, -0.1) is 0 Å². The molecule has 0 aromatic heterocycles. The van der Waals surface area contributed by atoms with E-state index in [4.69, 9.17) is 22.6 Å². The number of hydrogen-bond acceptors (Lipinski definition) is 11. The maximum atomic E-state index is 13.4. The zero-order valence-corrected chi connectivity index (χ0v) is 27.6. The molecule has 17 nitrogen and oxygen atoms in total. The van der Waals surface area contributed by atoms with Crippen molar-refractivity contribution >= 4 is 65.0 Å². The summed E-state index contributed by atoms with van der Waals surface area (Å²) in [7, 11) is 0. The number of nitrogens with two attached hydrogens (primary N) is 3. The third-order valence-electron chi connectivity index (χ3n) is 6.31. The van der Waals surface area contributed by atoms with Crippen LogP contribution < -0.4 is 49.1 Å². The quantitative estimate of drug-likeness (QED) is 0.0261. The molecule has 45 heavy (non-hydrogen) atoms. The number of hydrogen-bond donors (Lipinski definition) is 11. The largest absolute Gasteiger partial charge is 0.480 e. The molecule has 0 aliphatic heterocycles. The molecular formula is C26H50N10O7S2. The van der Waals surface area contributed by atoms with E-state index >= 15 is 0 Å². The van der Waals surface area contributed by atoms with Gasteiger partial charge in [-0.1, -0.05) is 0 Å². The van der Waals surface area contributed by atoms with E-state index in [0.29, 0.717) is 43.7 Å². The van der Waals surface area contributed by atoms with Gasteiger partial charge in [-0.25, -0.2) is 4.79 Å². The van der Waals surface area contributed by atoms with Gasteiger partial charge in [0.05, 0.1) is 13.1 Å². The molecule has 0 bridgehead atoms. The van der Waals surface area contributed by atoms with Crippen molar-refractivity contribution in [3.63, 3.8) is 0 Å². The maximum absolute atomic E-state index is 13.4. The Balaban J connectivity index is 5.47. The van der Waals surface area contributed by atoms with Crippen LogP contribution in [0.1, 0.15) is 44.9 Å². The molecule has 0 aromatic carbocycles. The number of guanidine groups is 1. The Morgan fingerprint density at radius 3 is 1.69 bits per heavy atom. The van der Waals surface area contributed by atoms with Crippen LogP contribution in [0.4, 0.5) is 0 Å². The topological polar surface area (TPSA) is 297 Å². The third-order valence-corrected chi connectivity index (χ3v) is 7.60. The summed E-state index contributed by atoms with van der Waals surface area (Å²) < 4.78 is 0. The fraction of sp³-hybridized carbons (Fsp3) is 0.731. The number of nitrogens with one attached hydrogen (secondary N) is 7. The summed E-state index contributed by atoms with van der Waals surface area (Å²) in [6.45, 7) is -0.209. The zero-order valence-electron chi connectivity index (χ0n) is 25.9. The highest BCUT2D eigenvalue weighted by molar-refractivity contribution is 7.98. The number of carboxylic acids is 1. The number of amides is 5. The summed E-state index contributed by atoms with van der Waals surface area (Å²) in [6.07, 6.45) is 5.91. The van der Waals surface area contributed by atoms with Crippen molar-refractivity contribution in [3.8, 4) is 0 Å². The summed E-state index contributed by atoms with van der Waals surface area (Å²) in [5, 5.41) is 31.8. The highest BCUT2D eigenvalue weighted by Crippen LogP contribution is 2.07. The van der Waals surface area contributed by atoms with Gasteiger partial charge in [-0.3, -0.25) is 29.4 Å². The summed E-state index contributed by atoms with van der Waals surface area (Å²) >= 11 is 2.92. The predicted octanol–water partition coefficient (Wildman–Crippen LogP) is -3.02. The molecule has 0 radical (unpaired) electrons. The Kier molecular flexibility index (Phi) is 23.1. The van der Waals surface area contributed by atoms with Gasteiger partial charge in [-0.2, -0.15) is 23.5 Å². The molecule has 0 rings (SSSR count). The van der Waals surface area contributed by atoms with Crippen molar-refractivity contribution in [2.75, 3.05) is 50.2 Å². The first-order chi connectivity index (χ1) is 21.4. The monoisotopic (exact) mass is 678 g/mol. The highest BCUT2D eigenvalue weighted by atomic mass is 32.2. The second-order valence-corrected chi connectivity index (χ2v) is 11.9. The van der Waals surface area contributed by atoms with Crippen molar-refractivity contribution in [2.45, 2.75) is 69.1 Å². The first-order valence-corrected chi connectivity index (χ1v) is 17.3. The highest BCUT2D eigenvalue weighted by Gasteiger charge is 2.29. The molecule has 0 spiro atoms. The van der Waals surface area contributed by atoms with Gasteiger partial charge in [-0.05, 0) is 75.5 Å². The van der Waals surface area contributed by atoms with Crippen LogP contribution in [-0.2, 0) is 28.8 Å². The van der Waals surface area contributed by atoms with Gasteiger partial charge in [0.1, 0.15) is 24.2 Å². The van der Waals surface area contributed by atoms with Crippen LogP contribution in [0.3, 0.4) is 0 Å². The average Bonchev–Trinajstić information content (AvgIpc) is 3.00. The Morgan fingerprint density at radius 1 is 0.689 bits per heavy atom. The van der Waals surface area contributed by atoms with Crippen LogP contribution in [0.25, 0.3) is 0 Å². The Bertz CT molecular complexity index is 976. The molecule has 0 saturated heterocycles. The summed E-state index contributed by atoms with van der Waals surface area (Å²) in [4.78, 5) is 75.4. The summed E-state index contributed by atoms with van der Waals surface area (Å²) in [5.74, 6) is -3.56. The first kappa shape index (κ1) is 41.7. The molecule has 19 heteroatoms. The molecule has 258 valence electrons. The van der Waals surface area contributed by atoms with E-state index in [2.05, 4.69) is 31.9 Å². The van der Waals surface area contributed by atoms with Crippen LogP contribution in [0.5, 0.6) is 0 Å². The predicted molar refractivity (Wildman–Crippen MR) is 175 cm³/mol. The molecular weight excluding hydrogens is 628 g/mol. The first-order valence-electron chi connectivity index (χ1n) is 14.6. The van der Waals surface area contributed by atoms with E-state index in [1.165, 1.54) is 23.5 Å². The lowest BCUT2D eigenvalue weighted by atomic mass is 10.1. The van der Waals surface area contributed by atoms with Gasteiger partial charge in [0.25, 0.3) is 0 Å². The summed E-state index contributed by atoms with van der Waals surface area (Å²) in [6, 6.07) is -4.21. The van der Waals surface area contributed by atoms with E-state index in [1.54, 1.807) is 0 Å². The molecule has 5 amide bonds. The minimum atomic E-state index is -1.26. The second kappa shape index (κ2) is 25.0. The van der Waals surface area contributed by atoms with E-state index in [0.717, 1.165) is 0 Å². The normalized spacial score (nSPS) is 13.3. The van der Waals surface area contributed by atoms with Crippen LogP contribution in [0.2, 0.25) is 0 Å². The van der Waals surface area contributed by atoms with E-state index in [9.17, 15) is 33.9 Å². The Hall–Kier alpha value is -3.29. The lowest BCUT2D eigenvalue weighted by Gasteiger charge is -2.25. The number of carbonyl (C=O) groups is 6. The standard InChI is InChI=1S/C26H50N10O7S2/c1-44-12-8-17(22(39)32-15-21(38)34-19(25(42)43)7-5-11-31-26(29)30)36-23(40)16(6-3-4-10-27)35-24(41)18(9-13-45-2)33-20(37)14-28/h16-19H,3-15,27-28H2,1-2H3,(H,32,39)(H,33,37)(H,34,38)(H,35,41)(H,36,40)(H,42,43)(H4,29,30,31)/t16-,17-,18-,19-/m0/s1. The van der Waals surface area contributed by atoms with Crippen molar-refractivity contribution < 1.29 is 33.9 Å². The fourth-order valence-electron chi connectivity index (χ4n) is 3.89. The van der Waals surface area contributed by atoms with Gasteiger partial charge in [0.2, 0.25) is 29.5 Å². The molecule has 0 unspecified atom stereocenters. The van der Waals surface area contributed by atoms with Crippen LogP contribution in [0, 0.1) is 5.41 Å². The Labute approximate surface area is 272 Å². The van der Waals surface area contributed by atoms with E-state index < -0.39 is 66.2 Å². The number of thioether (sulfide) groups is 2. The van der Waals surface area contributed by atoms with Gasteiger partial charge in [0.15, 0.2) is 5.96 Å². The lowest BCUT2D eigenvalue weighted by Crippen LogP contribution is -2.57. The van der Waals surface area contributed by atoms with Gasteiger partial charge < -0.3 is 54.2 Å². The molecule has 14 N–H and O–H groups in total. The summed E-state index contributed by atoms with van der Waals surface area (Å²) in [5.41, 5.74) is 16.2. The zero-order chi connectivity index (χ0) is 34.2. The number of carboxylic acid groups (broad SMARTS) is 1. The second-order valence-electron chi connectivity index (χ2n) is 9.95. The fourth-order valence-corrected chi connectivity index (χ4v) is 4.83. The van der Waals surface area contributed by atoms with Gasteiger partial charge >= 0.3 is 5.97 Å². The van der Waals surface area contributed by atoms with Gasteiger partial charge in [0, 0.05) is 6.54 Å². The maximum Gasteiger partial charge on any atom is 0.326 e. The van der Waals surface area contributed by atoms with Crippen molar-refractivity contribution in [1.29, 1.82) is 5.41 Å². The minimum absolute atomic E-state index is 0.0625.